The van der Waals surface area contributed by atoms with E-state index in [-0.39, 0.29) is 23.8 Å². The molecule has 0 unspecified atom stereocenters. The Hall–Kier alpha value is -4.04. The molecule has 8 nitrogen and oxygen atoms in total. The third-order valence-corrected chi connectivity index (χ3v) is 5.27. The maximum absolute atomic E-state index is 12.6. The number of ether oxygens (including phenoxy) is 2. The molecule has 34 heavy (non-hydrogen) atoms. The number of carbonyl (C=O) groups excluding carboxylic acids is 1. The van der Waals surface area contributed by atoms with Gasteiger partial charge in [0, 0.05) is 17.5 Å². The van der Waals surface area contributed by atoms with E-state index in [1.165, 1.54) is 0 Å². The van der Waals surface area contributed by atoms with Crippen LogP contribution in [0, 0.1) is 6.92 Å². The number of hydrogen-bond donors (Lipinski definition) is 4. The molecule has 3 aromatic carbocycles. The Labute approximate surface area is 199 Å². The number of carbonyl (C=O) groups is 1. The van der Waals surface area contributed by atoms with E-state index < -0.39 is 0 Å². The summed E-state index contributed by atoms with van der Waals surface area (Å²) in [6.45, 7) is 2.72. The molecule has 0 fully saturated rings. The van der Waals surface area contributed by atoms with Gasteiger partial charge in [0.2, 0.25) is 0 Å². The van der Waals surface area contributed by atoms with Crippen LogP contribution in [0.2, 0.25) is 0 Å². The highest BCUT2D eigenvalue weighted by Gasteiger charge is 2.16. The first-order valence-corrected chi connectivity index (χ1v) is 11.0. The third kappa shape index (κ3) is 6.73. The van der Waals surface area contributed by atoms with Crippen molar-refractivity contribution in [2.24, 2.45) is 16.7 Å². The molecule has 0 saturated carbocycles. The van der Waals surface area contributed by atoms with Gasteiger partial charge in [-0.3, -0.25) is 4.79 Å². The van der Waals surface area contributed by atoms with Gasteiger partial charge in [-0.2, -0.15) is 0 Å². The number of amidine groups is 1. The number of nitrogens with one attached hydrogen (secondary N) is 1. The van der Waals surface area contributed by atoms with E-state index in [0.29, 0.717) is 41.4 Å². The number of phenols is 1. The average molecular weight is 463 g/mol. The van der Waals surface area contributed by atoms with E-state index in [1.807, 2.05) is 48.5 Å². The molecule has 0 aliphatic heterocycles. The first-order valence-electron chi connectivity index (χ1n) is 11.0. The number of benzene rings is 3. The Bertz CT molecular complexity index is 1130. The summed E-state index contributed by atoms with van der Waals surface area (Å²) in [6.07, 6.45) is 1.77. The Balaban J connectivity index is 1.45. The van der Waals surface area contributed by atoms with E-state index in [4.69, 9.17) is 21.1 Å². The quantitative estimate of drug-likeness (QED) is 0.0809. The zero-order valence-corrected chi connectivity index (χ0v) is 19.2. The highest BCUT2D eigenvalue weighted by molar-refractivity contribution is 6.00. The van der Waals surface area contributed by atoms with Crippen molar-refractivity contribution < 1.29 is 19.4 Å². The molecule has 0 atom stereocenters. The number of ketones is 1. The smallest absolute Gasteiger partial charge is 0.170 e. The summed E-state index contributed by atoms with van der Waals surface area (Å²) in [6, 6.07) is 20.1. The number of hydrazone groups is 1. The second-order valence-electron chi connectivity index (χ2n) is 7.73. The van der Waals surface area contributed by atoms with E-state index in [2.05, 4.69) is 10.6 Å². The molecule has 3 rings (SSSR count). The number of rotatable bonds is 12. The summed E-state index contributed by atoms with van der Waals surface area (Å²) < 4.78 is 11.6. The highest BCUT2D eigenvalue weighted by atomic mass is 16.5. The molecule has 8 heteroatoms. The summed E-state index contributed by atoms with van der Waals surface area (Å²) in [7, 11) is 0. The number of aromatic hydroxyl groups is 1. The molecule has 0 radical (unpaired) electrons. The van der Waals surface area contributed by atoms with Gasteiger partial charge in [-0.1, -0.05) is 42.5 Å². The van der Waals surface area contributed by atoms with Gasteiger partial charge < -0.3 is 20.3 Å². The third-order valence-electron chi connectivity index (χ3n) is 5.27. The lowest BCUT2D eigenvalue weighted by atomic mass is 10.00. The molecular weight excluding hydrogens is 432 g/mol. The number of hydrogen-bond acceptors (Lipinski definition) is 7. The Morgan fingerprint density at radius 1 is 1.00 bits per heavy atom. The van der Waals surface area contributed by atoms with E-state index in [0.717, 1.165) is 18.4 Å². The Morgan fingerprint density at radius 2 is 1.74 bits per heavy atom. The van der Waals surface area contributed by atoms with Gasteiger partial charge in [0.15, 0.2) is 11.6 Å². The Morgan fingerprint density at radius 3 is 2.47 bits per heavy atom. The molecule has 0 saturated heterocycles. The van der Waals surface area contributed by atoms with Crippen molar-refractivity contribution in [1.82, 2.24) is 5.53 Å². The number of unbranched alkanes of at least 4 members (excludes halogenated alkanes) is 1. The van der Waals surface area contributed by atoms with Crippen LogP contribution >= 0.6 is 0 Å². The minimum absolute atomic E-state index is 0.0331. The van der Waals surface area contributed by atoms with Crippen molar-refractivity contribution in [2.75, 3.05) is 13.2 Å². The van der Waals surface area contributed by atoms with Crippen molar-refractivity contribution in [3.8, 4) is 17.2 Å². The van der Waals surface area contributed by atoms with Crippen molar-refractivity contribution >= 4 is 11.6 Å². The molecular formula is C26H30N4O4. The normalized spacial score (nSPS) is 11.2. The van der Waals surface area contributed by atoms with Crippen LogP contribution in [0.4, 0.5) is 0 Å². The summed E-state index contributed by atoms with van der Waals surface area (Å²) in [5, 5.41) is 14.3. The van der Waals surface area contributed by atoms with Crippen LogP contribution in [0.3, 0.4) is 0 Å². The number of nitrogens with zero attached hydrogens (tertiary/aromatic N) is 1. The highest BCUT2D eigenvalue weighted by Crippen LogP contribution is 2.31. The second-order valence-corrected chi connectivity index (χ2v) is 7.73. The van der Waals surface area contributed by atoms with Gasteiger partial charge in [-0.15, -0.1) is 5.10 Å². The molecule has 0 amide bonds. The number of Topliss-reactive ketones (excluding diaryl/α,β-unsaturated/α-hetero) is 1. The van der Waals surface area contributed by atoms with Crippen LogP contribution in [-0.4, -0.2) is 29.9 Å². The van der Waals surface area contributed by atoms with Crippen molar-refractivity contribution in [2.45, 2.75) is 26.2 Å². The van der Waals surface area contributed by atoms with Gasteiger partial charge in [0.1, 0.15) is 17.2 Å². The van der Waals surface area contributed by atoms with Gasteiger partial charge in [-0.05, 0) is 49.6 Å². The van der Waals surface area contributed by atoms with E-state index in [1.54, 1.807) is 25.1 Å². The maximum atomic E-state index is 12.6. The van der Waals surface area contributed by atoms with E-state index in [9.17, 15) is 9.90 Å². The summed E-state index contributed by atoms with van der Waals surface area (Å²) in [5.74, 6) is 6.50. The fourth-order valence-corrected chi connectivity index (χ4v) is 3.40. The van der Waals surface area contributed by atoms with Crippen LogP contribution in [0.1, 0.15) is 39.9 Å². The summed E-state index contributed by atoms with van der Waals surface area (Å²) >= 11 is 0. The second kappa shape index (κ2) is 12.3. The standard InChI is InChI=1S/C26H30N4O4/c1-18-24(13-12-22(25(18)32)23(31)16-19-8-3-2-4-9-19)34-15-6-5-14-33-21-11-7-10-20(17-21)26(27)29-30-28/h2-4,7-13,17,30,32H,5-6,14-16,28H2,1H3,(H2,27,29). The fraction of sp³-hybridized carbons (Fsp3) is 0.231. The minimum Gasteiger partial charge on any atom is -0.507 e. The molecule has 0 bridgehead atoms. The topological polar surface area (TPSA) is 132 Å². The first kappa shape index (κ1) is 24.6. The molecule has 178 valence electrons. The molecule has 0 heterocycles. The molecule has 0 aliphatic rings. The lowest BCUT2D eigenvalue weighted by molar-refractivity contribution is 0.0990. The zero-order chi connectivity index (χ0) is 24.3. The fourth-order valence-electron chi connectivity index (χ4n) is 3.40. The Kier molecular flexibility index (Phi) is 8.88. The van der Waals surface area contributed by atoms with Crippen LogP contribution in [0.15, 0.2) is 71.8 Å². The largest absolute Gasteiger partial charge is 0.507 e. The maximum Gasteiger partial charge on any atom is 0.170 e. The van der Waals surface area contributed by atoms with Gasteiger partial charge in [0.25, 0.3) is 0 Å². The number of hydrazine groups is 1. The average Bonchev–Trinajstić information content (AvgIpc) is 2.84. The number of phenolic OH excluding ortho intramolecular Hbond substituents is 1. The lowest BCUT2D eigenvalue weighted by Gasteiger charge is -2.13. The summed E-state index contributed by atoms with van der Waals surface area (Å²) in [4.78, 5) is 12.6. The predicted molar refractivity (Wildman–Crippen MR) is 132 cm³/mol. The van der Waals surface area contributed by atoms with Crippen LogP contribution in [-0.2, 0) is 6.42 Å². The van der Waals surface area contributed by atoms with Crippen LogP contribution in [0.5, 0.6) is 17.2 Å². The zero-order valence-electron chi connectivity index (χ0n) is 19.2. The van der Waals surface area contributed by atoms with Gasteiger partial charge in [-0.25, -0.2) is 11.4 Å². The SMILES string of the molecule is Cc1c(OCCCCOc2cccc(/C(N)=N/NN)c2)ccc(C(=O)Cc2ccccc2)c1O. The van der Waals surface area contributed by atoms with Gasteiger partial charge >= 0.3 is 0 Å². The lowest BCUT2D eigenvalue weighted by Crippen LogP contribution is -2.23. The molecule has 6 N–H and O–H groups in total. The van der Waals surface area contributed by atoms with Crippen molar-refractivity contribution in [3.63, 3.8) is 0 Å². The van der Waals surface area contributed by atoms with E-state index >= 15 is 0 Å². The van der Waals surface area contributed by atoms with Crippen LogP contribution in [0.25, 0.3) is 0 Å². The van der Waals surface area contributed by atoms with Crippen molar-refractivity contribution in [1.29, 1.82) is 0 Å². The molecule has 0 aromatic heterocycles. The van der Waals surface area contributed by atoms with Crippen LogP contribution < -0.4 is 26.6 Å². The van der Waals surface area contributed by atoms with Gasteiger partial charge in [0.05, 0.1) is 18.8 Å². The van der Waals surface area contributed by atoms with Crippen molar-refractivity contribution in [3.05, 3.63) is 89.0 Å². The first-order chi connectivity index (χ1) is 16.5. The monoisotopic (exact) mass is 462 g/mol. The summed E-state index contributed by atoms with van der Waals surface area (Å²) in [5.41, 5.74) is 10.4. The molecule has 3 aromatic rings. The predicted octanol–water partition coefficient (Wildman–Crippen LogP) is 3.45. The minimum atomic E-state index is -0.133. The molecule has 0 aliphatic carbocycles. The number of nitrogens with two attached hydrogens (primary N) is 2. The molecule has 0 spiro atoms.